The summed E-state index contributed by atoms with van der Waals surface area (Å²) in [4.78, 5) is 14.2. The zero-order valence-electron chi connectivity index (χ0n) is 17.0. The number of rotatable bonds is 8. The molecule has 7 nitrogen and oxygen atoms in total. The number of pyridine rings is 1. The van der Waals surface area contributed by atoms with Gasteiger partial charge in [0.2, 0.25) is 10.0 Å². The lowest BCUT2D eigenvalue weighted by molar-refractivity contribution is -0.139. The van der Waals surface area contributed by atoms with E-state index in [0.29, 0.717) is 33.6 Å². The molecule has 0 aliphatic heterocycles. The first-order valence-electron chi connectivity index (χ1n) is 9.64. The number of fused-ring (bicyclic) bond motifs is 1. The summed E-state index contributed by atoms with van der Waals surface area (Å²) in [6.07, 6.45) is -4.90. The van der Waals surface area contributed by atoms with Crippen LogP contribution in [0.25, 0.3) is 10.9 Å². The molecular weight excluding hydrogens is 449 g/mol. The number of hydrogen-bond acceptors (Lipinski definition) is 5. The van der Waals surface area contributed by atoms with Crippen molar-refractivity contribution < 1.29 is 31.4 Å². The number of aromatic amines is 1. The molecule has 0 saturated carbocycles. The lowest BCUT2D eigenvalue weighted by Crippen LogP contribution is -2.36. The highest BCUT2D eigenvalue weighted by atomic mass is 32.2. The lowest BCUT2D eigenvalue weighted by Gasteiger charge is -2.23. The van der Waals surface area contributed by atoms with E-state index in [2.05, 4.69) is 4.98 Å². The fourth-order valence-corrected chi connectivity index (χ4v) is 4.88. The molecule has 172 valence electrons. The number of aromatic nitrogens is 1. The number of aliphatic hydroxyl groups is 1. The van der Waals surface area contributed by atoms with Gasteiger partial charge in [-0.3, -0.25) is 4.79 Å². The number of nitrogens with one attached hydrogen (secondary N) is 1. The highest BCUT2D eigenvalue weighted by Gasteiger charge is 2.38. The van der Waals surface area contributed by atoms with Gasteiger partial charge in [-0.05, 0) is 43.3 Å². The zero-order valence-corrected chi connectivity index (χ0v) is 17.8. The van der Waals surface area contributed by atoms with Crippen LogP contribution in [-0.4, -0.2) is 42.6 Å². The number of nitrogens with zero attached hydrogens (tertiary/aromatic N) is 1. The monoisotopic (exact) mass is 470 g/mol. The predicted octanol–water partition coefficient (Wildman–Crippen LogP) is 3.13. The number of sulfonamides is 1. The molecule has 32 heavy (non-hydrogen) atoms. The number of benzene rings is 2. The average molecular weight is 470 g/mol. The summed E-state index contributed by atoms with van der Waals surface area (Å²) in [5.74, 6) is 0.539. The molecule has 0 aliphatic rings. The van der Waals surface area contributed by atoms with E-state index in [0.717, 1.165) is 12.1 Å². The average Bonchev–Trinajstić information content (AvgIpc) is 2.73. The summed E-state index contributed by atoms with van der Waals surface area (Å²) >= 11 is 0. The quantitative estimate of drug-likeness (QED) is 0.527. The van der Waals surface area contributed by atoms with Gasteiger partial charge in [0.05, 0.1) is 23.7 Å². The van der Waals surface area contributed by atoms with Crippen LogP contribution >= 0.6 is 0 Å². The van der Waals surface area contributed by atoms with E-state index in [-0.39, 0.29) is 5.56 Å². The Balaban J connectivity index is 2.06. The third kappa shape index (κ3) is 4.95. The summed E-state index contributed by atoms with van der Waals surface area (Å²) in [7, 11) is -4.69. The molecule has 0 radical (unpaired) electrons. The SMILES string of the molecule is CCOc1ccc2[nH]c(=O)c(CN(CCO)S(=O)(=O)c3ccccc3C(F)(F)F)cc2c1. The molecule has 0 fully saturated rings. The highest BCUT2D eigenvalue weighted by molar-refractivity contribution is 7.89. The van der Waals surface area contributed by atoms with Crippen molar-refractivity contribution in [1.82, 2.24) is 9.29 Å². The molecule has 11 heteroatoms. The zero-order chi connectivity index (χ0) is 23.5. The van der Waals surface area contributed by atoms with Crippen LogP contribution < -0.4 is 10.3 Å². The molecule has 0 aliphatic carbocycles. The first-order chi connectivity index (χ1) is 15.1. The van der Waals surface area contributed by atoms with Crippen molar-refractivity contribution in [1.29, 1.82) is 0 Å². The molecule has 3 rings (SSSR count). The number of hydrogen-bond donors (Lipinski definition) is 2. The van der Waals surface area contributed by atoms with Crippen LogP contribution in [0.5, 0.6) is 5.75 Å². The largest absolute Gasteiger partial charge is 0.494 e. The molecule has 0 unspecified atom stereocenters. The summed E-state index contributed by atoms with van der Waals surface area (Å²) in [5.41, 5.74) is -1.42. The van der Waals surface area contributed by atoms with Crippen molar-refractivity contribution in [2.45, 2.75) is 24.5 Å². The van der Waals surface area contributed by atoms with Crippen LogP contribution in [0, 0.1) is 0 Å². The van der Waals surface area contributed by atoms with Crippen LogP contribution in [0.4, 0.5) is 13.2 Å². The van der Waals surface area contributed by atoms with Crippen LogP contribution in [0.15, 0.2) is 58.2 Å². The van der Waals surface area contributed by atoms with Gasteiger partial charge < -0.3 is 14.8 Å². The second-order valence-electron chi connectivity index (χ2n) is 6.86. The molecule has 0 atom stereocenters. The highest BCUT2D eigenvalue weighted by Crippen LogP contribution is 2.35. The van der Waals surface area contributed by atoms with E-state index in [1.807, 2.05) is 0 Å². The molecule has 2 aromatic carbocycles. The van der Waals surface area contributed by atoms with E-state index < -0.39 is 51.9 Å². The van der Waals surface area contributed by atoms with Gasteiger partial charge in [-0.2, -0.15) is 17.5 Å². The van der Waals surface area contributed by atoms with Crippen LogP contribution in [-0.2, 0) is 22.7 Å². The second kappa shape index (κ2) is 9.31. The molecule has 1 aromatic heterocycles. The minimum Gasteiger partial charge on any atom is -0.494 e. The van der Waals surface area contributed by atoms with Gasteiger partial charge in [0.25, 0.3) is 5.56 Å². The number of H-pyrrole nitrogens is 1. The third-order valence-electron chi connectivity index (χ3n) is 4.71. The molecule has 2 N–H and O–H groups in total. The number of alkyl halides is 3. The summed E-state index contributed by atoms with van der Waals surface area (Å²) in [5, 5.41) is 9.92. The molecule has 0 bridgehead atoms. The Bertz CT molecular complexity index is 1270. The Morgan fingerprint density at radius 2 is 1.84 bits per heavy atom. The number of ether oxygens (including phenoxy) is 1. The van der Waals surface area contributed by atoms with Crippen molar-refractivity contribution in [2.24, 2.45) is 0 Å². The standard InChI is InChI=1S/C21H21F3N2O5S/c1-2-31-16-7-8-18-14(12-16)11-15(20(28)25-18)13-26(9-10-27)32(29,30)19-6-4-3-5-17(19)21(22,23)24/h3-8,11-12,27H,2,9-10,13H2,1H3,(H,25,28). The van der Waals surface area contributed by atoms with Gasteiger partial charge in [0, 0.05) is 29.6 Å². The maximum absolute atomic E-state index is 13.4. The summed E-state index contributed by atoms with van der Waals surface area (Å²) in [6.45, 7) is 0.555. The van der Waals surface area contributed by atoms with E-state index in [1.165, 1.54) is 12.1 Å². The Labute approximate surface area is 182 Å². The molecule has 0 spiro atoms. The van der Waals surface area contributed by atoms with Gasteiger partial charge in [0.1, 0.15) is 5.75 Å². The van der Waals surface area contributed by atoms with Crippen molar-refractivity contribution in [3.05, 3.63) is 70.0 Å². The predicted molar refractivity (Wildman–Crippen MR) is 112 cm³/mol. The number of halogens is 3. The first-order valence-corrected chi connectivity index (χ1v) is 11.1. The Hall–Kier alpha value is -2.89. The van der Waals surface area contributed by atoms with Crippen molar-refractivity contribution in [3.63, 3.8) is 0 Å². The van der Waals surface area contributed by atoms with Crippen molar-refractivity contribution in [2.75, 3.05) is 19.8 Å². The topological polar surface area (TPSA) is 99.7 Å². The van der Waals surface area contributed by atoms with Gasteiger partial charge in [0.15, 0.2) is 0 Å². The minimum absolute atomic E-state index is 0.00710. The van der Waals surface area contributed by atoms with Gasteiger partial charge in [-0.1, -0.05) is 12.1 Å². The molecule has 1 heterocycles. The van der Waals surface area contributed by atoms with E-state index >= 15 is 0 Å². The van der Waals surface area contributed by atoms with Gasteiger partial charge >= 0.3 is 6.18 Å². The maximum Gasteiger partial charge on any atom is 0.417 e. The van der Waals surface area contributed by atoms with E-state index in [4.69, 9.17) is 4.74 Å². The van der Waals surface area contributed by atoms with Crippen molar-refractivity contribution in [3.8, 4) is 5.75 Å². The fraction of sp³-hybridized carbons (Fsp3) is 0.286. The normalized spacial score (nSPS) is 12.4. The van der Waals surface area contributed by atoms with Crippen molar-refractivity contribution >= 4 is 20.9 Å². The molecule has 0 saturated heterocycles. The Kier molecular flexibility index (Phi) is 6.91. The van der Waals surface area contributed by atoms with Crippen LogP contribution in [0.1, 0.15) is 18.1 Å². The van der Waals surface area contributed by atoms with Crippen LogP contribution in [0.2, 0.25) is 0 Å². The second-order valence-corrected chi connectivity index (χ2v) is 8.77. The maximum atomic E-state index is 13.4. The Morgan fingerprint density at radius 3 is 2.50 bits per heavy atom. The molecular formula is C21H21F3N2O5S. The Morgan fingerprint density at radius 1 is 1.12 bits per heavy atom. The van der Waals surface area contributed by atoms with Gasteiger partial charge in [-0.25, -0.2) is 8.42 Å². The summed E-state index contributed by atoms with van der Waals surface area (Å²) in [6, 6.07) is 10.2. The van der Waals surface area contributed by atoms with E-state index in [9.17, 15) is 31.5 Å². The molecule has 0 amide bonds. The summed E-state index contributed by atoms with van der Waals surface area (Å²) < 4.78 is 72.4. The minimum atomic E-state index is -4.90. The van der Waals surface area contributed by atoms with Crippen LogP contribution in [0.3, 0.4) is 0 Å². The third-order valence-corrected chi connectivity index (χ3v) is 6.61. The lowest BCUT2D eigenvalue weighted by atomic mass is 10.1. The van der Waals surface area contributed by atoms with Gasteiger partial charge in [-0.15, -0.1) is 0 Å². The fourth-order valence-electron chi connectivity index (χ4n) is 3.25. The molecule has 3 aromatic rings. The van der Waals surface area contributed by atoms with E-state index in [1.54, 1.807) is 25.1 Å². The number of aliphatic hydroxyl groups excluding tert-OH is 1. The first kappa shape index (κ1) is 23.8. The smallest absolute Gasteiger partial charge is 0.417 e.